The van der Waals surface area contributed by atoms with Gasteiger partial charge >= 0.3 is 6.18 Å². The molecule has 1 aliphatic heterocycles. The predicted molar refractivity (Wildman–Crippen MR) is 130 cm³/mol. The molecule has 2 heterocycles. The second kappa shape index (κ2) is 8.90. The maximum Gasteiger partial charge on any atom is 0.416 e. The minimum atomic E-state index is -4.64. The Labute approximate surface area is 206 Å². The van der Waals surface area contributed by atoms with E-state index in [1.54, 1.807) is 13.0 Å². The number of nitrogens with one attached hydrogen (secondary N) is 2. The van der Waals surface area contributed by atoms with Crippen molar-refractivity contribution in [1.29, 1.82) is 0 Å². The highest BCUT2D eigenvalue weighted by atomic mass is 19.4. The first-order valence-electron chi connectivity index (χ1n) is 11.1. The topological polar surface area (TPSA) is 85.4 Å². The second-order valence-corrected chi connectivity index (χ2v) is 9.21. The first-order valence-corrected chi connectivity index (χ1v) is 11.1. The van der Waals surface area contributed by atoms with Gasteiger partial charge in [-0.15, -0.1) is 6.42 Å². The van der Waals surface area contributed by atoms with Crippen LogP contribution in [-0.4, -0.2) is 28.6 Å². The molecule has 0 bridgehead atoms. The summed E-state index contributed by atoms with van der Waals surface area (Å²) in [4.78, 5) is 20.6. The smallest absolute Gasteiger partial charge is 0.416 e. The van der Waals surface area contributed by atoms with Gasteiger partial charge in [0, 0.05) is 30.0 Å². The van der Waals surface area contributed by atoms with Crippen molar-refractivity contribution in [1.82, 2.24) is 9.97 Å². The number of amides is 1. The van der Waals surface area contributed by atoms with Gasteiger partial charge in [-0.2, -0.15) is 13.2 Å². The average molecular weight is 499 g/mol. The molecule has 3 aromatic rings. The summed E-state index contributed by atoms with van der Waals surface area (Å²) in [5.74, 6) is 3.87. The van der Waals surface area contributed by atoms with Crippen LogP contribution in [0.5, 0.6) is 11.5 Å². The fourth-order valence-corrected chi connectivity index (χ4v) is 4.29. The number of aromatic nitrogens is 2. The fraction of sp³-hybridized carbons (Fsp3) is 0.346. The summed E-state index contributed by atoms with van der Waals surface area (Å²) in [6.07, 6.45) is 1.70. The first kappa shape index (κ1) is 25.1. The van der Waals surface area contributed by atoms with Crippen molar-refractivity contribution in [3.8, 4) is 23.8 Å². The predicted octanol–water partition coefficient (Wildman–Crippen LogP) is 5.42. The standard InChI is InChI=1S/C26H25F3N4O3/c1-7-20(15-8-16(26(27,28)29)10-17(9-15)32-14(3)34)33-24-18-11-21(35-6)23-19(12-25(4,5)36-23)22(18)30-13(2)31-24/h1,8-11,20H,12H2,2-6H3,(H,32,34)(H,30,31,33)/t20-/m1/s1. The quantitative estimate of drug-likeness (QED) is 0.457. The number of alkyl halides is 3. The number of hydrogen-bond acceptors (Lipinski definition) is 6. The van der Waals surface area contributed by atoms with Crippen molar-refractivity contribution in [3.05, 3.63) is 46.8 Å². The summed E-state index contributed by atoms with van der Waals surface area (Å²) in [7, 11) is 1.52. The van der Waals surface area contributed by atoms with E-state index in [1.807, 2.05) is 13.8 Å². The van der Waals surface area contributed by atoms with E-state index in [9.17, 15) is 18.0 Å². The Kier molecular flexibility index (Phi) is 6.20. The van der Waals surface area contributed by atoms with E-state index in [4.69, 9.17) is 15.9 Å². The molecular weight excluding hydrogens is 473 g/mol. The highest BCUT2D eigenvalue weighted by molar-refractivity contribution is 5.95. The number of fused-ring (bicyclic) bond motifs is 3. The van der Waals surface area contributed by atoms with Crippen LogP contribution >= 0.6 is 0 Å². The Morgan fingerprint density at radius 3 is 2.58 bits per heavy atom. The molecule has 0 saturated carbocycles. The van der Waals surface area contributed by atoms with E-state index in [-0.39, 0.29) is 11.3 Å². The van der Waals surface area contributed by atoms with Crippen LogP contribution in [0.3, 0.4) is 0 Å². The summed E-state index contributed by atoms with van der Waals surface area (Å²) in [5.41, 5.74) is 0.219. The lowest BCUT2D eigenvalue weighted by Crippen LogP contribution is -2.24. The highest BCUT2D eigenvalue weighted by Gasteiger charge is 2.36. The SMILES string of the molecule is C#C[C@@H](Nc1nc(C)nc2c3c(c(OC)cc12)OC(C)(C)C3)c1cc(NC(C)=O)cc(C(F)(F)F)c1. The number of terminal acetylenes is 1. The van der Waals surface area contributed by atoms with E-state index >= 15 is 0 Å². The Bertz CT molecular complexity index is 1410. The molecule has 0 unspecified atom stereocenters. The van der Waals surface area contributed by atoms with E-state index in [2.05, 4.69) is 26.5 Å². The molecule has 0 radical (unpaired) electrons. The third-order valence-corrected chi connectivity index (χ3v) is 5.70. The van der Waals surface area contributed by atoms with Gasteiger partial charge in [-0.05, 0) is 50.6 Å². The molecule has 7 nitrogen and oxygen atoms in total. The van der Waals surface area contributed by atoms with Gasteiger partial charge in [0.05, 0.1) is 18.2 Å². The molecule has 1 amide bonds. The van der Waals surface area contributed by atoms with Crippen molar-refractivity contribution >= 4 is 28.3 Å². The van der Waals surface area contributed by atoms with Gasteiger partial charge in [-0.3, -0.25) is 4.79 Å². The van der Waals surface area contributed by atoms with Crippen molar-refractivity contribution < 1.29 is 27.4 Å². The number of anilines is 2. The third kappa shape index (κ3) is 4.87. The second-order valence-electron chi connectivity index (χ2n) is 9.21. The molecule has 0 saturated heterocycles. The molecule has 0 spiro atoms. The summed E-state index contributed by atoms with van der Waals surface area (Å²) in [5, 5.41) is 6.08. The number of carbonyl (C=O) groups excluding carboxylic acids is 1. The maximum atomic E-state index is 13.6. The summed E-state index contributed by atoms with van der Waals surface area (Å²) < 4.78 is 52.4. The Morgan fingerprint density at radius 2 is 1.97 bits per heavy atom. The maximum absolute atomic E-state index is 13.6. The summed E-state index contributed by atoms with van der Waals surface area (Å²) in [6.45, 7) is 6.84. The molecule has 36 heavy (non-hydrogen) atoms. The number of hydrogen-bond donors (Lipinski definition) is 2. The molecule has 1 aliphatic rings. The van der Waals surface area contributed by atoms with E-state index in [1.165, 1.54) is 20.1 Å². The van der Waals surface area contributed by atoms with E-state index in [0.717, 1.165) is 17.7 Å². The van der Waals surface area contributed by atoms with Crippen molar-refractivity contribution in [2.45, 2.75) is 51.9 Å². The molecule has 0 fully saturated rings. The lowest BCUT2D eigenvalue weighted by atomic mass is 9.98. The normalized spacial score (nSPS) is 15.0. The van der Waals surface area contributed by atoms with Crippen LogP contribution in [-0.2, 0) is 17.4 Å². The van der Waals surface area contributed by atoms with Gasteiger partial charge in [-0.1, -0.05) is 5.92 Å². The van der Waals surface area contributed by atoms with Crippen LogP contribution in [0.1, 0.15) is 49.3 Å². The minimum Gasteiger partial charge on any atom is -0.493 e. The molecule has 2 N–H and O–H groups in total. The number of ether oxygens (including phenoxy) is 2. The average Bonchev–Trinajstić information content (AvgIpc) is 3.11. The molecule has 1 aromatic heterocycles. The number of methoxy groups -OCH3 is 1. The molecular formula is C26H25F3N4O3. The van der Waals surface area contributed by atoms with Crippen LogP contribution in [0, 0.1) is 19.3 Å². The van der Waals surface area contributed by atoms with Crippen LogP contribution in [0.25, 0.3) is 10.9 Å². The number of benzene rings is 2. The number of aryl methyl sites for hydroxylation is 1. The van der Waals surface area contributed by atoms with E-state index < -0.39 is 29.3 Å². The third-order valence-electron chi connectivity index (χ3n) is 5.70. The molecule has 10 heteroatoms. The Morgan fingerprint density at radius 1 is 1.25 bits per heavy atom. The van der Waals surface area contributed by atoms with Crippen molar-refractivity contribution in [2.75, 3.05) is 17.7 Å². The molecule has 4 rings (SSSR count). The molecule has 0 aliphatic carbocycles. The van der Waals surface area contributed by atoms with Gasteiger partial charge in [0.2, 0.25) is 5.91 Å². The number of halogens is 3. The van der Waals surface area contributed by atoms with Gasteiger partial charge in [0.25, 0.3) is 0 Å². The monoisotopic (exact) mass is 498 g/mol. The van der Waals surface area contributed by atoms with Crippen LogP contribution in [0.2, 0.25) is 0 Å². The molecule has 2 aromatic carbocycles. The van der Waals surface area contributed by atoms with Crippen LogP contribution < -0.4 is 20.1 Å². The number of rotatable bonds is 5. The van der Waals surface area contributed by atoms with Gasteiger partial charge in [-0.25, -0.2) is 9.97 Å². The zero-order chi connectivity index (χ0) is 26.4. The Balaban J connectivity index is 1.84. The molecule has 1 atom stereocenters. The van der Waals surface area contributed by atoms with Gasteiger partial charge in [0.15, 0.2) is 11.5 Å². The summed E-state index contributed by atoms with van der Waals surface area (Å²) in [6, 6.07) is 3.94. The van der Waals surface area contributed by atoms with Gasteiger partial charge in [0.1, 0.15) is 23.3 Å². The van der Waals surface area contributed by atoms with Crippen molar-refractivity contribution in [2.24, 2.45) is 0 Å². The zero-order valence-electron chi connectivity index (χ0n) is 20.4. The van der Waals surface area contributed by atoms with Gasteiger partial charge < -0.3 is 20.1 Å². The highest BCUT2D eigenvalue weighted by Crippen LogP contribution is 2.47. The van der Waals surface area contributed by atoms with Crippen LogP contribution in [0.15, 0.2) is 24.3 Å². The largest absolute Gasteiger partial charge is 0.493 e. The lowest BCUT2D eigenvalue weighted by molar-refractivity contribution is -0.137. The minimum absolute atomic E-state index is 0.0167. The summed E-state index contributed by atoms with van der Waals surface area (Å²) >= 11 is 0. The number of carbonyl (C=O) groups is 1. The lowest BCUT2D eigenvalue weighted by Gasteiger charge is -2.20. The first-order chi connectivity index (χ1) is 16.8. The van der Waals surface area contributed by atoms with Crippen molar-refractivity contribution in [3.63, 3.8) is 0 Å². The number of nitrogens with zero attached hydrogens (tertiary/aromatic N) is 2. The van der Waals surface area contributed by atoms with E-state index in [0.29, 0.717) is 40.5 Å². The fourth-order valence-electron chi connectivity index (χ4n) is 4.29. The van der Waals surface area contributed by atoms with Crippen LogP contribution in [0.4, 0.5) is 24.7 Å². The zero-order valence-corrected chi connectivity index (χ0v) is 20.4. The Hall–Kier alpha value is -4.00. The molecule has 188 valence electrons.